The van der Waals surface area contributed by atoms with Crippen molar-refractivity contribution in [3.05, 3.63) is 54.1 Å². The summed E-state index contributed by atoms with van der Waals surface area (Å²) < 4.78 is 5.55. The van der Waals surface area contributed by atoms with E-state index in [1.807, 2.05) is 0 Å². The van der Waals surface area contributed by atoms with E-state index in [1.54, 1.807) is 48.5 Å². The zero-order valence-corrected chi connectivity index (χ0v) is 9.38. The number of phenols is 1. The third-order valence-electron chi connectivity index (χ3n) is 2.33. The zero-order valence-electron chi connectivity index (χ0n) is 9.38. The quantitative estimate of drug-likeness (QED) is 0.819. The molecule has 3 heteroatoms. The maximum absolute atomic E-state index is 11.1. The number of Topliss-reactive ketones (excluding diaryl/α,β-unsaturated/α-hetero) is 1. The molecule has 2 aromatic carbocycles. The Hall–Kier alpha value is -2.29. The summed E-state index contributed by atoms with van der Waals surface area (Å²) in [6.45, 7) is 1.52. The maximum Gasteiger partial charge on any atom is 0.159 e. The van der Waals surface area contributed by atoms with Crippen LogP contribution in [0, 0.1) is 0 Å². The van der Waals surface area contributed by atoms with E-state index < -0.39 is 0 Å². The third kappa shape index (κ3) is 2.84. The molecule has 0 radical (unpaired) electrons. The van der Waals surface area contributed by atoms with Crippen molar-refractivity contribution in [1.82, 2.24) is 0 Å². The zero-order chi connectivity index (χ0) is 12.3. The molecular weight excluding hydrogens is 216 g/mol. The highest BCUT2D eigenvalue weighted by Crippen LogP contribution is 2.23. The topological polar surface area (TPSA) is 46.5 Å². The molecule has 0 aromatic heterocycles. The lowest BCUT2D eigenvalue weighted by molar-refractivity contribution is 0.101. The minimum absolute atomic E-state index is 0.0289. The van der Waals surface area contributed by atoms with Crippen LogP contribution in [0.1, 0.15) is 17.3 Å². The Morgan fingerprint density at radius 2 is 1.41 bits per heavy atom. The van der Waals surface area contributed by atoms with E-state index in [0.717, 1.165) is 0 Å². The summed E-state index contributed by atoms with van der Waals surface area (Å²) in [5.41, 5.74) is 0.656. The number of rotatable bonds is 3. The largest absolute Gasteiger partial charge is 0.508 e. The number of ketones is 1. The van der Waals surface area contributed by atoms with Gasteiger partial charge < -0.3 is 9.84 Å². The first-order chi connectivity index (χ1) is 8.15. The second-order valence-electron chi connectivity index (χ2n) is 3.68. The van der Waals surface area contributed by atoms with E-state index in [1.165, 1.54) is 6.92 Å². The van der Waals surface area contributed by atoms with Crippen molar-refractivity contribution >= 4 is 5.78 Å². The van der Waals surface area contributed by atoms with Gasteiger partial charge in [-0.05, 0) is 55.5 Å². The molecule has 1 N–H and O–H groups in total. The van der Waals surface area contributed by atoms with Gasteiger partial charge in [-0.25, -0.2) is 0 Å². The van der Waals surface area contributed by atoms with Gasteiger partial charge in [0.25, 0.3) is 0 Å². The number of carbonyl (C=O) groups excluding carboxylic acids is 1. The average molecular weight is 228 g/mol. The summed E-state index contributed by atoms with van der Waals surface area (Å²) in [5, 5.41) is 9.13. The van der Waals surface area contributed by atoms with Gasteiger partial charge in [0, 0.05) is 5.56 Å². The second kappa shape index (κ2) is 4.70. The molecule has 0 atom stereocenters. The van der Waals surface area contributed by atoms with Crippen molar-refractivity contribution in [3.63, 3.8) is 0 Å². The minimum Gasteiger partial charge on any atom is -0.508 e. The molecule has 0 fully saturated rings. The predicted molar refractivity (Wildman–Crippen MR) is 64.6 cm³/mol. The molecule has 0 aliphatic carbocycles. The highest BCUT2D eigenvalue weighted by molar-refractivity contribution is 5.94. The van der Waals surface area contributed by atoms with Gasteiger partial charge in [-0.1, -0.05) is 0 Å². The first-order valence-corrected chi connectivity index (χ1v) is 5.23. The van der Waals surface area contributed by atoms with Gasteiger partial charge in [-0.2, -0.15) is 0 Å². The normalized spacial score (nSPS) is 9.94. The van der Waals surface area contributed by atoms with Crippen molar-refractivity contribution in [2.45, 2.75) is 6.92 Å². The van der Waals surface area contributed by atoms with Gasteiger partial charge in [-0.15, -0.1) is 0 Å². The first kappa shape index (κ1) is 11.2. The molecule has 2 aromatic rings. The van der Waals surface area contributed by atoms with E-state index in [2.05, 4.69) is 0 Å². The smallest absolute Gasteiger partial charge is 0.159 e. The van der Waals surface area contributed by atoms with Crippen LogP contribution in [0.5, 0.6) is 17.2 Å². The van der Waals surface area contributed by atoms with Crippen LogP contribution < -0.4 is 4.74 Å². The van der Waals surface area contributed by atoms with E-state index in [4.69, 9.17) is 9.84 Å². The molecule has 0 aliphatic heterocycles. The van der Waals surface area contributed by atoms with Gasteiger partial charge in [0.1, 0.15) is 17.2 Å². The number of carbonyl (C=O) groups is 1. The molecular formula is C14H12O3. The molecule has 0 saturated heterocycles. The van der Waals surface area contributed by atoms with Crippen LogP contribution >= 0.6 is 0 Å². The van der Waals surface area contributed by atoms with Crippen LogP contribution in [0.4, 0.5) is 0 Å². The van der Waals surface area contributed by atoms with Crippen molar-refractivity contribution in [3.8, 4) is 17.2 Å². The number of hydrogen-bond acceptors (Lipinski definition) is 3. The molecule has 3 nitrogen and oxygen atoms in total. The summed E-state index contributed by atoms with van der Waals surface area (Å²) in [6, 6.07) is 13.4. The van der Waals surface area contributed by atoms with Crippen molar-refractivity contribution < 1.29 is 14.6 Å². The van der Waals surface area contributed by atoms with Crippen molar-refractivity contribution in [2.24, 2.45) is 0 Å². The lowest BCUT2D eigenvalue weighted by atomic mass is 10.1. The Morgan fingerprint density at radius 1 is 0.941 bits per heavy atom. The number of aromatic hydroxyl groups is 1. The van der Waals surface area contributed by atoms with Crippen LogP contribution in [-0.4, -0.2) is 10.9 Å². The fourth-order valence-corrected chi connectivity index (χ4v) is 1.41. The fraction of sp³-hybridized carbons (Fsp3) is 0.0714. The average Bonchev–Trinajstić information content (AvgIpc) is 2.33. The Balaban J connectivity index is 2.13. The Morgan fingerprint density at radius 3 is 1.88 bits per heavy atom. The number of benzene rings is 2. The van der Waals surface area contributed by atoms with Gasteiger partial charge in [-0.3, -0.25) is 4.79 Å². The predicted octanol–water partition coefficient (Wildman–Crippen LogP) is 3.39. The maximum atomic E-state index is 11.1. The monoisotopic (exact) mass is 228 g/mol. The molecule has 0 unspecified atom stereocenters. The van der Waals surface area contributed by atoms with Crippen LogP contribution in [-0.2, 0) is 0 Å². The second-order valence-corrected chi connectivity index (χ2v) is 3.68. The van der Waals surface area contributed by atoms with Crippen LogP contribution in [0.2, 0.25) is 0 Å². The van der Waals surface area contributed by atoms with E-state index in [9.17, 15) is 4.79 Å². The van der Waals surface area contributed by atoms with Crippen LogP contribution in [0.25, 0.3) is 0 Å². The summed E-state index contributed by atoms with van der Waals surface area (Å²) in [6.07, 6.45) is 0. The lowest BCUT2D eigenvalue weighted by Crippen LogP contribution is -1.91. The number of phenolic OH excluding ortho intramolecular Hbond substituents is 1. The van der Waals surface area contributed by atoms with E-state index in [0.29, 0.717) is 17.1 Å². The molecule has 17 heavy (non-hydrogen) atoms. The third-order valence-corrected chi connectivity index (χ3v) is 2.33. The highest BCUT2D eigenvalue weighted by atomic mass is 16.5. The fourth-order valence-electron chi connectivity index (χ4n) is 1.41. The van der Waals surface area contributed by atoms with Crippen molar-refractivity contribution in [2.75, 3.05) is 0 Å². The molecule has 0 saturated carbocycles. The minimum atomic E-state index is 0.0289. The Labute approximate surface area is 99.3 Å². The van der Waals surface area contributed by atoms with E-state index in [-0.39, 0.29) is 11.5 Å². The summed E-state index contributed by atoms with van der Waals surface area (Å²) in [4.78, 5) is 11.1. The first-order valence-electron chi connectivity index (χ1n) is 5.23. The summed E-state index contributed by atoms with van der Waals surface area (Å²) >= 11 is 0. The van der Waals surface area contributed by atoms with Gasteiger partial charge in [0.15, 0.2) is 5.78 Å². The molecule has 0 aliphatic rings. The molecule has 0 amide bonds. The molecule has 0 bridgehead atoms. The molecule has 0 spiro atoms. The van der Waals surface area contributed by atoms with Crippen molar-refractivity contribution in [1.29, 1.82) is 0 Å². The van der Waals surface area contributed by atoms with Gasteiger partial charge in [0.05, 0.1) is 0 Å². The highest BCUT2D eigenvalue weighted by Gasteiger charge is 2.00. The summed E-state index contributed by atoms with van der Waals surface area (Å²) in [5.74, 6) is 1.52. The van der Waals surface area contributed by atoms with Crippen LogP contribution in [0.15, 0.2) is 48.5 Å². The summed E-state index contributed by atoms with van der Waals surface area (Å²) in [7, 11) is 0. The van der Waals surface area contributed by atoms with Crippen LogP contribution in [0.3, 0.4) is 0 Å². The van der Waals surface area contributed by atoms with E-state index >= 15 is 0 Å². The molecule has 0 heterocycles. The Bertz CT molecular complexity index is 512. The van der Waals surface area contributed by atoms with Gasteiger partial charge >= 0.3 is 0 Å². The number of ether oxygens (including phenoxy) is 1. The Kier molecular flexibility index (Phi) is 3.10. The lowest BCUT2D eigenvalue weighted by Gasteiger charge is -2.05. The standard InChI is InChI=1S/C14H12O3/c1-10(15)11-2-6-13(7-3-11)17-14-8-4-12(16)5-9-14/h2-9,16H,1H3. The number of hydrogen-bond donors (Lipinski definition) is 1. The van der Waals surface area contributed by atoms with Gasteiger partial charge in [0.2, 0.25) is 0 Å². The SMILES string of the molecule is CC(=O)c1ccc(Oc2ccc(O)cc2)cc1. The molecule has 2 rings (SSSR count). The molecule has 86 valence electrons.